The predicted molar refractivity (Wildman–Crippen MR) is 93.9 cm³/mol. The number of aromatic amines is 1. The third-order valence-electron chi connectivity index (χ3n) is 4.00. The number of rotatable bonds is 6. The van der Waals surface area contributed by atoms with Gasteiger partial charge in [0.15, 0.2) is 0 Å². The molecule has 6 heteroatoms. The van der Waals surface area contributed by atoms with Crippen molar-refractivity contribution in [1.82, 2.24) is 25.1 Å². The van der Waals surface area contributed by atoms with E-state index in [2.05, 4.69) is 26.4 Å². The zero-order chi connectivity index (χ0) is 17.1. The molecule has 0 atom stereocenters. The molecule has 1 aromatic carbocycles. The number of benzene rings is 1. The second-order valence-corrected chi connectivity index (χ2v) is 6.20. The molecule has 126 valence electrons. The van der Waals surface area contributed by atoms with E-state index in [-0.39, 0.29) is 5.91 Å². The fourth-order valence-electron chi connectivity index (χ4n) is 2.90. The van der Waals surface area contributed by atoms with Crippen molar-refractivity contribution < 1.29 is 4.79 Å². The number of hydrogen-bond acceptors (Lipinski definition) is 3. The number of nitrogens with one attached hydrogen (secondary N) is 2. The van der Waals surface area contributed by atoms with Gasteiger partial charge in [-0.2, -0.15) is 5.10 Å². The van der Waals surface area contributed by atoms with Crippen LogP contribution in [0.1, 0.15) is 29.2 Å². The summed E-state index contributed by atoms with van der Waals surface area (Å²) in [5.41, 5.74) is 5.08. The van der Waals surface area contributed by atoms with Crippen molar-refractivity contribution in [3.63, 3.8) is 0 Å². The molecule has 0 saturated heterocycles. The van der Waals surface area contributed by atoms with Crippen LogP contribution in [0.25, 0.3) is 11.0 Å². The van der Waals surface area contributed by atoms with E-state index in [1.165, 1.54) is 0 Å². The van der Waals surface area contributed by atoms with E-state index in [9.17, 15) is 4.79 Å². The first kappa shape index (κ1) is 16.2. The summed E-state index contributed by atoms with van der Waals surface area (Å²) in [7, 11) is 0. The average molecular weight is 325 g/mol. The van der Waals surface area contributed by atoms with E-state index in [1.807, 2.05) is 43.7 Å². The monoisotopic (exact) mass is 325 g/mol. The van der Waals surface area contributed by atoms with Gasteiger partial charge in [-0.1, -0.05) is 6.07 Å². The van der Waals surface area contributed by atoms with Gasteiger partial charge >= 0.3 is 0 Å². The highest BCUT2D eigenvalue weighted by Gasteiger charge is 2.06. The average Bonchev–Trinajstić information content (AvgIpc) is 3.04. The lowest BCUT2D eigenvalue weighted by Crippen LogP contribution is -2.27. The normalized spacial score (nSPS) is 11.1. The minimum absolute atomic E-state index is 0.0407. The molecule has 2 aromatic heterocycles. The highest BCUT2D eigenvalue weighted by atomic mass is 16.1. The van der Waals surface area contributed by atoms with Crippen molar-refractivity contribution in [2.75, 3.05) is 6.54 Å². The molecule has 0 saturated carbocycles. The number of carbonyl (C=O) groups is 1. The smallest absolute Gasteiger partial charge is 0.224 e. The van der Waals surface area contributed by atoms with Crippen molar-refractivity contribution in [2.45, 2.75) is 40.2 Å². The molecular weight excluding hydrogens is 302 g/mol. The fourth-order valence-corrected chi connectivity index (χ4v) is 2.90. The van der Waals surface area contributed by atoms with Crippen molar-refractivity contribution in [1.29, 1.82) is 0 Å². The van der Waals surface area contributed by atoms with E-state index >= 15 is 0 Å². The zero-order valence-electron chi connectivity index (χ0n) is 14.4. The van der Waals surface area contributed by atoms with Gasteiger partial charge in [-0.25, -0.2) is 4.98 Å². The quantitative estimate of drug-likeness (QED) is 0.684. The van der Waals surface area contributed by atoms with E-state index in [0.717, 1.165) is 46.8 Å². The third-order valence-corrected chi connectivity index (χ3v) is 4.00. The van der Waals surface area contributed by atoms with E-state index in [4.69, 9.17) is 0 Å². The summed E-state index contributed by atoms with van der Waals surface area (Å²) in [6, 6.07) is 7.96. The molecule has 0 aliphatic rings. The predicted octanol–water partition coefficient (Wildman–Crippen LogP) is 2.43. The maximum absolute atomic E-state index is 12.1. The Labute approximate surface area is 141 Å². The van der Waals surface area contributed by atoms with Crippen molar-refractivity contribution in [3.05, 3.63) is 47.0 Å². The molecule has 0 spiro atoms. The zero-order valence-corrected chi connectivity index (χ0v) is 14.4. The maximum atomic E-state index is 12.1. The van der Waals surface area contributed by atoms with Crippen LogP contribution in [0.15, 0.2) is 24.3 Å². The first-order chi connectivity index (χ1) is 11.5. The van der Waals surface area contributed by atoms with Gasteiger partial charge < -0.3 is 10.3 Å². The lowest BCUT2D eigenvalue weighted by Gasteiger charge is -2.07. The van der Waals surface area contributed by atoms with Crippen LogP contribution in [-0.2, 0) is 17.8 Å². The number of carbonyl (C=O) groups excluding carboxylic acids is 1. The Morgan fingerprint density at radius 1 is 1.25 bits per heavy atom. The van der Waals surface area contributed by atoms with E-state index in [0.29, 0.717) is 13.0 Å². The molecule has 0 radical (unpaired) electrons. The molecule has 0 aliphatic heterocycles. The highest BCUT2D eigenvalue weighted by Crippen LogP contribution is 2.13. The van der Waals surface area contributed by atoms with Crippen LogP contribution >= 0.6 is 0 Å². The molecule has 2 heterocycles. The second-order valence-electron chi connectivity index (χ2n) is 6.20. The van der Waals surface area contributed by atoms with Crippen LogP contribution in [0.3, 0.4) is 0 Å². The maximum Gasteiger partial charge on any atom is 0.224 e. The summed E-state index contributed by atoms with van der Waals surface area (Å²) in [4.78, 5) is 19.6. The summed E-state index contributed by atoms with van der Waals surface area (Å²) in [5, 5.41) is 7.40. The Balaban J connectivity index is 1.47. The van der Waals surface area contributed by atoms with E-state index in [1.54, 1.807) is 0 Å². The Morgan fingerprint density at radius 3 is 2.83 bits per heavy atom. The summed E-state index contributed by atoms with van der Waals surface area (Å²) in [6.07, 6.45) is 1.25. The van der Waals surface area contributed by atoms with Crippen LogP contribution in [-0.4, -0.2) is 32.2 Å². The van der Waals surface area contributed by atoms with Gasteiger partial charge in [0.1, 0.15) is 5.82 Å². The number of amides is 1. The molecule has 6 nitrogen and oxygen atoms in total. The van der Waals surface area contributed by atoms with Gasteiger partial charge in [-0.15, -0.1) is 0 Å². The summed E-state index contributed by atoms with van der Waals surface area (Å²) in [6.45, 7) is 7.44. The molecule has 0 fully saturated rings. The molecule has 3 rings (SSSR count). The van der Waals surface area contributed by atoms with Crippen LogP contribution in [0.5, 0.6) is 0 Å². The third kappa shape index (κ3) is 3.82. The standard InChI is InChI=1S/C18H23N5O/c1-12-9-13(2)23(22-12)8-4-7-19-18(24)11-15-5-6-16-17(10-15)21-14(3)20-16/h5-6,9-10H,4,7-8,11H2,1-3H3,(H,19,24)(H,20,21). The number of H-pyrrole nitrogens is 1. The number of aryl methyl sites for hydroxylation is 4. The van der Waals surface area contributed by atoms with Crippen LogP contribution < -0.4 is 5.32 Å². The largest absolute Gasteiger partial charge is 0.356 e. The van der Waals surface area contributed by atoms with Gasteiger partial charge in [0.05, 0.1) is 23.1 Å². The molecule has 0 unspecified atom stereocenters. The minimum atomic E-state index is 0.0407. The first-order valence-corrected chi connectivity index (χ1v) is 8.24. The molecule has 3 aromatic rings. The fraction of sp³-hybridized carbons (Fsp3) is 0.389. The van der Waals surface area contributed by atoms with Crippen LogP contribution in [0, 0.1) is 20.8 Å². The Hall–Kier alpha value is -2.63. The van der Waals surface area contributed by atoms with Gasteiger partial charge in [0.2, 0.25) is 5.91 Å². The molecule has 0 bridgehead atoms. The molecule has 1 amide bonds. The molecule has 2 N–H and O–H groups in total. The number of hydrogen-bond donors (Lipinski definition) is 2. The minimum Gasteiger partial charge on any atom is -0.356 e. The number of aromatic nitrogens is 4. The number of nitrogens with zero attached hydrogens (tertiary/aromatic N) is 3. The lowest BCUT2D eigenvalue weighted by atomic mass is 10.1. The summed E-state index contributed by atoms with van der Waals surface area (Å²) in [5.74, 6) is 0.926. The molecule has 24 heavy (non-hydrogen) atoms. The van der Waals surface area contributed by atoms with Gasteiger partial charge in [0, 0.05) is 18.8 Å². The van der Waals surface area contributed by atoms with Gasteiger partial charge in [-0.05, 0) is 51.0 Å². The van der Waals surface area contributed by atoms with Gasteiger partial charge in [0.25, 0.3) is 0 Å². The Morgan fingerprint density at radius 2 is 2.08 bits per heavy atom. The number of imidazole rings is 1. The summed E-state index contributed by atoms with van der Waals surface area (Å²) >= 11 is 0. The lowest BCUT2D eigenvalue weighted by molar-refractivity contribution is -0.120. The first-order valence-electron chi connectivity index (χ1n) is 8.24. The van der Waals surface area contributed by atoms with Gasteiger partial charge in [-0.3, -0.25) is 9.48 Å². The SMILES string of the molecule is Cc1cc(C)n(CCCNC(=O)Cc2ccc3nc(C)[nH]c3c2)n1. The second kappa shape index (κ2) is 6.86. The van der Waals surface area contributed by atoms with Crippen molar-refractivity contribution in [3.8, 4) is 0 Å². The Bertz CT molecular complexity index is 862. The van der Waals surface area contributed by atoms with E-state index < -0.39 is 0 Å². The Kier molecular flexibility index (Phi) is 4.64. The summed E-state index contributed by atoms with van der Waals surface area (Å²) < 4.78 is 1.98. The van der Waals surface area contributed by atoms with Crippen molar-refractivity contribution >= 4 is 16.9 Å². The van der Waals surface area contributed by atoms with Crippen LogP contribution in [0.2, 0.25) is 0 Å². The molecule has 0 aliphatic carbocycles. The van der Waals surface area contributed by atoms with Crippen molar-refractivity contribution in [2.24, 2.45) is 0 Å². The number of fused-ring (bicyclic) bond motifs is 1. The highest BCUT2D eigenvalue weighted by molar-refractivity contribution is 5.81. The topological polar surface area (TPSA) is 75.6 Å². The van der Waals surface area contributed by atoms with Crippen LogP contribution in [0.4, 0.5) is 0 Å². The molecular formula is C18H23N5O.